The van der Waals surface area contributed by atoms with Gasteiger partial charge in [0, 0.05) is 32.1 Å². The van der Waals surface area contributed by atoms with Gasteiger partial charge in [0.05, 0.1) is 6.61 Å². The van der Waals surface area contributed by atoms with Crippen molar-refractivity contribution in [3.8, 4) is 0 Å². The Labute approximate surface area is 373 Å². The van der Waals surface area contributed by atoms with E-state index in [1.54, 1.807) is 0 Å². The van der Waals surface area contributed by atoms with Gasteiger partial charge in [-0.05, 0) is 83.8 Å². The first kappa shape index (κ1) is 58.3. The Morgan fingerprint density at radius 2 is 0.721 bits per heavy atom. The summed E-state index contributed by atoms with van der Waals surface area (Å²) in [5.41, 5.74) is -1.31. The van der Waals surface area contributed by atoms with Crippen LogP contribution in [0, 0.1) is 17.3 Å². The molecule has 0 saturated heterocycles. The van der Waals surface area contributed by atoms with Crippen LogP contribution in [-0.4, -0.2) is 88.4 Å². The van der Waals surface area contributed by atoms with Crippen molar-refractivity contribution in [2.75, 3.05) is 53.7 Å². The zero-order valence-corrected chi connectivity index (χ0v) is 40.4. The van der Waals surface area contributed by atoms with Crippen molar-refractivity contribution < 1.29 is 47.7 Å². The zero-order valence-electron chi connectivity index (χ0n) is 40.4. The fraction of sp³-hybridized carbons (Fsp3) is 0.900. The van der Waals surface area contributed by atoms with Crippen LogP contribution in [0.3, 0.4) is 0 Å². The molecule has 61 heavy (non-hydrogen) atoms. The second-order valence-electron chi connectivity index (χ2n) is 18.0. The van der Waals surface area contributed by atoms with Crippen molar-refractivity contribution in [1.29, 1.82) is 0 Å². The molecule has 11 nitrogen and oxygen atoms in total. The largest absolute Gasteiger partial charge is 0.466 e. The van der Waals surface area contributed by atoms with Gasteiger partial charge in [-0.3, -0.25) is 24.0 Å². The lowest BCUT2D eigenvalue weighted by atomic mass is 9.90. The number of hydrogen-bond donors (Lipinski definition) is 0. The fourth-order valence-corrected chi connectivity index (χ4v) is 7.39. The third-order valence-corrected chi connectivity index (χ3v) is 11.4. The lowest BCUT2D eigenvalue weighted by molar-refractivity contribution is -0.171. The Morgan fingerprint density at radius 3 is 1.10 bits per heavy atom. The van der Waals surface area contributed by atoms with E-state index >= 15 is 0 Å². The first-order valence-electron chi connectivity index (χ1n) is 24.9. The molecule has 0 aliphatic carbocycles. The summed E-state index contributed by atoms with van der Waals surface area (Å²) >= 11 is 0. The van der Waals surface area contributed by atoms with Gasteiger partial charge < -0.3 is 28.6 Å². The van der Waals surface area contributed by atoms with Crippen LogP contribution >= 0.6 is 0 Å². The van der Waals surface area contributed by atoms with Gasteiger partial charge in [0.25, 0.3) is 0 Å². The average Bonchev–Trinajstić information content (AvgIpc) is 3.23. The number of carbonyl (C=O) groups is 5. The van der Waals surface area contributed by atoms with Crippen molar-refractivity contribution in [3.05, 3.63) is 0 Å². The van der Waals surface area contributed by atoms with Crippen LogP contribution in [-0.2, 0) is 47.7 Å². The van der Waals surface area contributed by atoms with E-state index in [-0.39, 0.29) is 88.3 Å². The molecule has 0 unspecified atom stereocenters. The van der Waals surface area contributed by atoms with E-state index in [4.69, 9.17) is 23.7 Å². The van der Waals surface area contributed by atoms with Gasteiger partial charge >= 0.3 is 29.8 Å². The molecule has 0 bridgehead atoms. The number of rotatable bonds is 43. The normalized spacial score (nSPS) is 11.6. The number of nitrogens with zero attached hydrogens (tertiary/aromatic N) is 1. The predicted molar refractivity (Wildman–Crippen MR) is 245 cm³/mol. The third kappa shape index (κ3) is 35.5. The quantitative estimate of drug-likeness (QED) is 0.0329. The molecule has 0 aliphatic heterocycles. The Bertz CT molecular complexity index is 1050. The Kier molecular flexibility index (Phi) is 38.3. The summed E-state index contributed by atoms with van der Waals surface area (Å²) in [7, 11) is 3.87. The molecule has 0 aliphatic rings. The van der Waals surface area contributed by atoms with Crippen LogP contribution in [0.2, 0.25) is 0 Å². The van der Waals surface area contributed by atoms with E-state index < -0.39 is 17.4 Å². The second kappa shape index (κ2) is 40.1. The molecule has 0 spiro atoms. The Hall–Kier alpha value is -2.69. The molecule has 0 N–H and O–H groups in total. The van der Waals surface area contributed by atoms with Crippen molar-refractivity contribution in [3.63, 3.8) is 0 Å². The minimum Gasteiger partial charge on any atom is -0.466 e. The number of esters is 5. The van der Waals surface area contributed by atoms with E-state index in [1.165, 1.54) is 6.42 Å². The maximum atomic E-state index is 13.5. The first-order valence-corrected chi connectivity index (χ1v) is 24.9. The molecular formula is C50H93NO10. The Morgan fingerprint density at radius 1 is 0.393 bits per heavy atom. The van der Waals surface area contributed by atoms with Crippen LogP contribution in [0.15, 0.2) is 0 Å². The van der Waals surface area contributed by atoms with Crippen molar-refractivity contribution in [2.45, 2.75) is 221 Å². The van der Waals surface area contributed by atoms with Crippen LogP contribution in [0.5, 0.6) is 0 Å². The lowest BCUT2D eigenvalue weighted by Gasteiger charge is -2.32. The highest BCUT2D eigenvalue weighted by atomic mass is 16.6. The fourth-order valence-electron chi connectivity index (χ4n) is 7.39. The molecule has 0 rings (SSSR count). The molecule has 0 radical (unpaired) electrons. The third-order valence-electron chi connectivity index (χ3n) is 11.4. The summed E-state index contributed by atoms with van der Waals surface area (Å²) in [4.78, 5) is 67.5. The summed E-state index contributed by atoms with van der Waals surface area (Å²) in [5, 5.41) is 0. The van der Waals surface area contributed by atoms with E-state index in [0.717, 1.165) is 128 Å². The summed E-state index contributed by atoms with van der Waals surface area (Å²) in [6, 6.07) is 0. The van der Waals surface area contributed by atoms with E-state index in [1.807, 2.05) is 19.0 Å². The molecule has 0 amide bonds. The van der Waals surface area contributed by atoms with Gasteiger partial charge in [0.15, 0.2) is 0 Å². The van der Waals surface area contributed by atoms with Crippen molar-refractivity contribution in [2.24, 2.45) is 17.3 Å². The minimum atomic E-state index is -1.31. The van der Waals surface area contributed by atoms with Gasteiger partial charge in [-0.2, -0.15) is 0 Å². The number of carbonyl (C=O) groups excluding carboxylic acids is 5. The van der Waals surface area contributed by atoms with Crippen LogP contribution in [0.1, 0.15) is 221 Å². The average molecular weight is 868 g/mol. The van der Waals surface area contributed by atoms with Crippen molar-refractivity contribution >= 4 is 29.8 Å². The van der Waals surface area contributed by atoms with Gasteiger partial charge in [0.2, 0.25) is 0 Å². The molecule has 0 heterocycles. The van der Waals surface area contributed by atoms with Gasteiger partial charge in [-0.15, -0.1) is 0 Å². The van der Waals surface area contributed by atoms with Crippen LogP contribution in [0.25, 0.3) is 0 Å². The molecule has 0 atom stereocenters. The number of unbranched alkanes of at least 4 members (excludes halogenated alkanes) is 13. The zero-order chi connectivity index (χ0) is 45.4. The maximum absolute atomic E-state index is 13.5. The molecule has 358 valence electrons. The van der Waals surface area contributed by atoms with Crippen LogP contribution in [0.4, 0.5) is 0 Å². The molecule has 0 aromatic rings. The van der Waals surface area contributed by atoms with Crippen LogP contribution < -0.4 is 0 Å². The highest BCUT2D eigenvalue weighted by Gasteiger charge is 2.38. The summed E-state index contributed by atoms with van der Waals surface area (Å²) in [6.07, 6.45) is 24.8. The molecular weight excluding hydrogens is 775 g/mol. The Balaban J connectivity index is 6.07. The van der Waals surface area contributed by atoms with Gasteiger partial charge in [-0.1, -0.05) is 137 Å². The number of hydrogen-bond acceptors (Lipinski definition) is 11. The van der Waals surface area contributed by atoms with Crippen molar-refractivity contribution in [1.82, 2.24) is 4.90 Å². The minimum absolute atomic E-state index is 0.0681. The molecule has 0 aromatic heterocycles. The smallest absolute Gasteiger partial charge is 0.306 e. The highest BCUT2D eigenvalue weighted by molar-refractivity contribution is 5.72. The molecule has 0 saturated carbocycles. The lowest BCUT2D eigenvalue weighted by Crippen LogP contribution is -2.44. The summed E-state index contributed by atoms with van der Waals surface area (Å²) in [5.74, 6) is -1.52. The van der Waals surface area contributed by atoms with E-state index in [9.17, 15) is 24.0 Å². The predicted octanol–water partition coefficient (Wildman–Crippen LogP) is 11.9. The van der Waals surface area contributed by atoms with Gasteiger partial charge in [-0.25, -0.2) is 0 Å². The monoisotopic (exact) mass is 868 g/mol. The molecule has 11 heteroatoms. The summed E-state index contributed by atoms with van der Waals surface area (Å²) < 4.78 is 29.0. The maximum Gasteiger partial charge on any atom is 0.306 e. The van der Waals surface area contributed by atoms with E-state index in [2.05, 4.69) is 34.6 Å². The highest BCUT2D eigenvalue weighted by Crippen LogP contribution is 2.27. The van der Waals surface area contributed by atoms with E-state index in [0.29, 0.717) is 32.4 Å². The SMILES string of the molecule is CCCCCCCOC(=O)CCCCC(=O)OCC(COC(=O)CCCN(C)C)(COC(=O)CC(CCCCC)CCCCC)COC(=O)CC(CCCCC)CCCCC. The number of ether oxygens (including phenoxy) is 5. The van der Waals surface area contributed by atoms with Gasteiger partial charge in [0.1, 0.15) is 31.8 Å². The topological polar surface area (TPSA) is 135 Å². The second-order valence-corrected chi connectivity index (χ2v) is 18.0. The molecule has 0 fully saturated rings. The first-order chi connectivity index (χ1) is 29.4. The molecule has 0 aromatic carbocycles. The summed E-state index contributed by atoms with van der Waals surface area (Å²) in [6.45, 7) is 11.0. The standard InChI is InChI=1S/C50H93NO10/c1-8-13-18-19-26-36-57-45(52)32-24-25-33-46(53)58-39-50(40-59-47(54)34-27-35-51(6)7,41-60-48(55)37-43(28-20-14-9-2)29-21-15-10-3)42-61-49(56)38-44(30-22-16-11-4)31-23-17-12-5/h43-44H,8-42H2,1-7H3.